The average molecular weight is 1170 g/mol. The number of rotatable bonds is 0. The van der Waals surface area contributed by atoms with E-state index in [1.165, 1.54) is 9.80 Å². The molecule has 0 aromatic heterocycles. The van der Waals surface area contributed by atoms with Crippen molar-refractivity contribution in [3.8, 4) is 0 Å². The lowest BCUT2D eigenvalue weighted by atomic mass is 10.4. The molecule has 16 heterocycles. The predicted octanol–water partition coefficient (Wildman–Crippen LogP) is -10.7. The Bertz CT molecular complexity index is 1610. The van der Waals surface area contributed by atoms with Gasteiger partial charge in [-0.25, -0.2) is 9.59 Å². The van der Waals surface area contributed by atoms with E-state index >= 15 is 0 Å². The lowest BCUT2D eigenvalue weighted by Gasteiger charge is -2.23. The second-order valence-electron chi connectivity index (χ2n) is 24.9. The number of nitrogens with zero attached hydrogens (tertiary/aromatic N) is 16. The van der Waals surface area contributed by atoms with Gasteiger partial charge in [-0.1, -0.05) is 0 Å². The Labute approximate surface area is 488 Å². The van der Waals surface area contributed by atoms with E-state index in [-0.39, 0.29) is 24.4 Å². The van der Waals surface area contributed by atoms with Gasteiger partial charge in [-0.3, -0.25) is 143 Å². The third-order valence-corrected chi connectivity index (χ3v) is 18.5. The van der Waals surface area contributed by atoms with Crippen LogP contribution < -0.4 is 85.1 Å². The number of nitrogens with one attached hydrogen (secondary N) is 16. The first-order chi connectivity index (χ1) is 39.1. The third-order valence-electron chi connectivity index (χ3n) is 18.5. The molecule has 0 radical (unpaired) electrons. The van der Waals surface area contributed by atoms with Crippen molar-refractivity contribution in [1.29, 1.82) is 0 Å². The summed E-state index contributed by atoms with van der Waals surface area (Å²) in [6.45, 7) is 13.9. The Kier molecular flexibility index (Phi) is 21.9. The van der Waals surface area contributed by atoms with Gasteiger partial charge >= 0.3 is 12.1 Å². The van der Waals surface area contributed by atoms with Crippen LogP contribution in [-0.4, -0.2) is 395 Å². The summed E-state index contributed by atoms with van der Waals surface area (Å²) in [5, 5.41) is 52.5. The van der Waals surface area contributed by atoms with Gasteiger partial charge in [0.25, 0.3) is 0 Å². The van der Waals surface area contributed by atoms with Gasteiger partial charge in [0.15, 0.2) is 0 Å². The molecule has 34 nitrogen and oxygen atoms in total. The van der Waals surface area contributed by atoms with Gasteiger partial charge in [-0.2, -0.15) is 0 Å². The van der Waals surface area contributed by atoms with Crippen LogP contribution in [0.25, 0.3) is 0 Å². The number of hydrogen-bond acceptors (Lipinski definition) is 30. The molecule has 82 heavy (non-hydrogen) atoms. The first-order valence-corrected chi connectivity index (χ1v) is 29.3. The topological polar surface area (TPSA) is 278 Å². The molecule has 0 atom stereocenters. The van der Waals surface area contributed by atoms with E-state index in [0.29, 0.717) is 86.3 Å². The summed E-state index contributed by atoms with van der Waals surface area (Å²) >= 11 is 0. The standard InChI is InChI=1S/C6H10N4O2.7C6H14N4/c1-9-4-3(7-5(9)11)8-6(12)10(4)2;7*1-9-3-7-5-6(9)10(2)4-8-5/h3-4H,1-2H3,(H,7,11)(H,8,12);7*5-8H,3-4H2,1-2H3. The molecule has 16 N–H and O–H groups in total. The molecule has 0 bridgehead atoms. The van der Waals surface area contributed by atoms with Crippen molar-refractivity contribution in [1.82, 2.24) is 163 Å². The van der Waals surface area contributed by atoms with E-state index in [2.05, 4.69) is 252 Å². The van der Waals surface area contributed by atoms with Crippen LogP contribution in [0.2, 0.25) is 0 Å². The van der Waals surface area contributed by atoms with Crippen molar-refractivity contribution in [3.05, 3.63) is 0 Å². The van der Waals surface area contributed by atoms with Crippen molar-refractivity contribution < 1.29 is 9.59 Å². The van der Waals surface area contributed by atoms with Gasteiger partial charge < -0.3 is 20.4 Å². The van der Waals surface area contributed by atoms with Gasteiger partial charge in [0.2, 0.25) is 0 Å². The monoisotopic (exact) mass is 1160 g/mol. The highest BCUT2D eigenvalue weighted by Gasteiger charge is 2.48. The summed E-state index contributed by atoms with van der Waals surface area (Å²) in [5.74, 6) is 0. The third kappa shape index (κ3) is 14.0. The van der Waals surface area contributed by atoms with Gasteiger partial charge in [-0.15, -0.1) is 0 Å². The van der Waals surface area contributed by atoms with E-state index in [1.54, 1.807) is 14.1 Å². The van der Waals surface area contributed by atoms with E-state index < -0.39 is 0 Å². The minimum absolute atomic E-state index is 0.156. The Balaban J connectivity index is 0.000000113. The summed E-state index contributed by atoms with van der Waals surface area (Å²) in [5.41, 5.74) is 0. The summed E-state index contributed by atoms with van der Waals surface area (Å²) in [4.78, 5) is 57.5. The second kappa shape index (κ2) is 28.1. The van der Waals surface area contributed by atoms with Crippen molar-refractivity contribution >= 4 is 12.1 Å². The summed E-state index contributed by atoms with van der Waals surface area (Å²) in [7, 11) is 33.3. The normalized spacial score (nSPS) is 41.3. The van der Waals surface area contributed by atoms with Crippen LogP contribution in [0, 0.1) is 0 Å². The smallest absolute Gasteiger partial charge is 0.314 e. The first kappa shape index (κ1) is 63.9. The molecule has 0 saturated carbocycles. The highest BCUT2D eigenvalue weighted by atomic mass is 16.2. The number of amides is 4. The zero-order valence-electron chi connectivity index (χ0n) is 52.1. The molecule has 0 aromatic rings. The second-order valence-corrected chi connectivity index (χ2v) is 24.9. The fourth-order valence-electron chi connectivity index (χ4n) is 14.2. The molecule has 472 valence electrons. The van der Waals surface area contributed by atoms with Crippen LogP contribution >= 0.6 is 0 Å². The fourth-order valence-corrected chi connectivity index (χ4v) is 14.2. The number of carbonyl (C=O) groups is 2. The number of hydrogen-bond donors (Lipinski definition) is 16. The van der Waals surface area contributed by atoms with Crippen LogP contribution in [0.4, 0.5) is 9.59 Å². The highest BCUT2D eigenvalue weighted by molar-refractivity contribution is 5.84. The SMILES string of the molecule is CN1C(=O)NC2NC(=O)N(C)C21.CN1CNC2NCN(C)C21.CN1CNC2NCN(C)C21.CN1CNC2NCN(C)C21.CN1CNC2NCN(C)C21.CN1CNC2NCN(C)C21.CN1CNC2NCN(C)C21.CN1CNC2NCN(C)C21. The van der Waals surface area contributed by atoms with Gasteiger partial charge in [0.05, 0.1) is 180 Å². The molecule has 0 aliphatic carbocycles. The van der Waals surface area contributed by atoms with Crippen molar-refractivity contribution in [2.75, 3.05) is 206 Å². The minimum atomic E-state index is -0.264. The maximum Gasteiger partial charge on any atom is 0.320 e. The Hall–Kier alpha value is -2.58. The molecular weight excluding hydrogens is 1060 g/mol. The maximum absolute atomic E-state index is 11.1. The summed E-state index contributed by atoms with van der Waals surface area (Å²) in [6.07, 6.45) is 6.81. The molecule has 0 aromatic carbocycles. The van der Waals surface area contributed by atoms with Crippen LogP contribution in [0.15, 0.2) is 0 Å². The number of urea groups is 2. The van der Waals surface area contributed by atoms with E-state index in [4.69, 9.17) is 0 Å². The predicted molar refractivity (Wildman–Crippen MR) is 314 cm³/mol. The Morgan fingerprint density at radius 2 is 0.329 bits per heavy atom. The zero-order chi connectivity index (χ0) is 58.8. The van der Waals surface area contributed by atoms with Crippen LogP contribution in [0.5, 0.6) is 0 Å². The molecule has 0 spiro atoms. The molecule has 0 unspecified atom stereocenters. The molecule has 16 saturated heterocycles. The van der Waals surface area contributed by atoms with E-state index in [9.17, 15) is 9.59 Å². The zero-order valence-corrected chi connectivity index (χ0v) is 52.1. The van der Waals surface area contributed by atoms with Crippen LogP contribution in [0.3, 0.4) is 0 Å². The molecular formula is C48H108N32O2. The van der Waals surface area contributed by atoms with Crippen LogP contribution in [0.1, 0.15) is 0 Å². The van der Waals surface area contributed by atoms with Gasteiger partial charge in [-0.05, 0) is 98.7 Å². The Morgan fingerprint density at radius 3 is 0.427 bits per heavy atom. The quantitative estimate of drug-likeness (QED) is 0.107. The molecule has 16 aliphatic rings. The first-order valence-electron chi connectivity index (χ1n) is 29.3. The number of carbonyl (C=O) groups excluding carboxylic acids is 2. The Morgan fingerprint density at radius 1 is 0.207 bits per heavy atom. The molecule has 16 rings (SSSR count). The van der Waals surface area contributed by atoms with Crippen LogP contribution in [-0.2, 0) is 0 Å². The molecule has 16 aliphatic heterocycles. The van der Waals surface area contributed by atoms with Crippen molar-refractivity contribution in [2.45, 2.75) is 98.7 Å². The van der Waals surface area contributed by atoms with Gasteiger partial charge in [0, 0.05) is 14.1 Å². The molecule has 34 heteroatoms. The molecule has 16 fully saturated rings. The van der Waals surface area contributed by atoms with E-state index in [1.807, 2.05) is 0 Å². The summed E-state index contributed by atoms with van der Waals surface area (Å²) < 4.78 is 0. The fraction of sp³-hybridized carbons (Fsp3) is 0.958. The summed E-state index contributed by atoms with van der Waals surface area (Å²) in [6, 6.07) is -0.311. The maximum atomic E-state index is 11.1. The number of likely N-dealkylation sites (N-methyl/N-ethyl adjacent to an activating group) is 16. The van der Waals surface area contributed by atoms with Gasteiger partial charge in [0.1, 0.15) is 12.3 Å². The lowest BCUT2D eigenvalue weighted by molar-refractivity contribution is 0.155. The largest absolute Gasteiger partial charge is 0.320 e. The lowest BCUT2D eigenvalue weighted by Crippen LogP contribution is -2.42. The van der Waals surface area contributed by atoms with E-state index in [0.717, 1.165) is 93.4 Å². The number of fused-ring (bicyclic) bond motifs is 8. The molecule has 4 amide bonds. The average Bonchev–Trinajstić information content (AvgIpc) is 4.32. The van der Waals surface area contributed by atoms with Crippen molar-refractivity contribution in [3.63, 3.8) is 0 Å². The van der Waals surface area contributed by atoms with Crippen molar-refractivity contribution in [2.24, 2.45) is 0 Å². The highest BCUT2D eigenvalue weighted by Crippen LogP contribution is 2.21. The minimum Gasteiger partial charge on any atom is -0.314 e.